The van der Waals surface area contributed by atoms with Gasteiger partial charge in [0.1, 0.15) is 0 Å². The normalized spacial score (nSPS) is 15.8. The second-order valence-corrected chi connectivity index (χ2v) is 7.79. The number of ketones is 1. The summed E-state index contributed by atoms with van der Waals surface area (Å²) in [6, 6.07) is 15.9. The number of sulfonamides is 1. The van der Waals surface area contributed by atoms with Crippen LogP contribution in [0.3, 0.4) is 0 Å². The molecule has 1 aliphatic rings. The average Bonchev–Trinajstić information content (AvgIpc) is 2.62. The van der Waals surface area contributed by atoms with Crippen LogP contribution >= 0.6 is 0 Å². The van der Waals surface area contributed by atoms with Crippen molar-refractivity contribution in [3.8, 4) is 0 Å². The Balaban J connectivity index is 1.77. The van der Waals surface area contributed by atoms with Gasteiger partial charge in [-0.1, -0.05) is 54.1 Å². The molecule has 0 unspecified atom stereocenters. The Kier molecular flexibility index (Phi) is 4.64. The van der Waals surface area contributed by atoms with E-state index in [9.17, 15) is 13.2 Å². The lowest BCUT2D eigenvalue weighted by Gasteiger charge is -2.25. The first kappa shape index (κ1) is 16.6. The number of rotatable bonds is 4. The molecule has 24 heavy (non-hydrogen) atoms. The maximum atomic E-state index is 12.7. The maximum absolute atomic E-state index is 12.7. The van der Waals surface area contributed by atoms with Crippen molar-refractivity contribution < 1.29 is 13.2 Å². The molecule has 2 aromatic carbocycles. The summed E-state index contributed by atoms with van der Waals surface area (Å²) in [4.78, 5) is 12.7. The molecule has 0 saturated heterocycles. The first-order valence-electron chi connectivity index (χ1n) is 7.84. The molecule has 0 atom stereocenters. The number of carbonyl (C=O) groups is 1. The topological polar surface area (TPSA) is 54.5 Å². The molecule has 1 heterocycles. The zero-order valence-electron chi connectivity index (χ0n) is 13.5. The molecular formula is C19H19NO3S. The van der Waals surface area contributed by atoms with Crippen molar-refractivity contribution in [1.82, 2.24) is 4.31 Å². The van der Waals surface area contributed by atoms with Crippen LogP contribution in [0.15, 0.2) is 71.1 Å². The Morgan fingerprint density at radius 1 is 1.00 bits per heavy atom. The number of aryl methyl sites for hydroxylation is 1. The second-order valence-electron chi connectivity index (χ2n) is 5.85. The van der Waals surface area contributed by atoms with E-state index in [1.54, 1.807) is 42.5 Å². The van der Waals surface area contributed by atoms with E-state index in [2.05, 4.69) is 0 Å². The zero-order valence-corrected chi connectivity index (χ0v) is 14.3. The van der Waals surface area contributed by atoms with Crippen molar-refractivity contribution in [2.24, 2.45) is 0 Å². The number of hydrogen-bond donors (Lipinski definition) is 0. The molecule has 0 saturated carbocycles. The Hall–Kier alpha value is -2.24. The Bertz CT molecular complexity index is 869. The first-order chi connectivity index (χ1) is 11.5. The molecule has 0 amide bonds. The summed E-state index contributed by atoms with van der Waals surface area (Å²) >= 11 is 0. The summed E-state index contributed by atoms with van der Waals surface area (Å²) in [6.45, 7) is 2.46. The van der Waals surface area contributed by atoms with E-state index in [4.69, 9.17) is 0 Å². The molecule has 0 radical (unpaired) electrons. The van der Waals surface area contributed by atoms with Gasteiger partial charge in [-0.05, 0) is 31.1 Å². The quantitative estimate of drug-likeness (QED) is 0.803. The summed E-state index contributed by atoms with van der Waals surface area (Å²) < 4.78 is 26.7. The summed E-state index contributed by atoms with van der Waals surface area (Å²) in [5.41, 5.74) is 2.33. The van der Waals surface area contributed by atoms with Crippen molar-refractivity contribution in [2.45, 2.75) is 18.2 Å². The molecule has 3 rings (SSSR count). The monoisotopic (exact) mass is 341 g/mol. The average molecular weight is 341 g/mol. The highest BCUT2D eigenvalue weighted by atomic mass is 32.2. The molecule has 4 nitrogen and oxygen atoms in total. The largest absolute Gasteiger partial charge is 0.289 e. The first-order valence-corrected chi connectivity index (χ1v) is 9.28. The van der Waals surface area contributed by atoms with Gasteiger partial charge in [-0.15, -0.1) is 0 Å². The molecule has 0 bridgehead atoms. The second kappa shape index (κ2) is 6.71. The van der Waals surface area contributed by atoms with Gasteiger partial charge in [0.15, 0.2) is 5.78 Å². The van der Waals surface area contributed by atoms with E-state index in [0.717, 1.165) is 5.56 Å². The van der Waals surface area contributed by atoms with Gasteiger partial charge in [0.05, 0.1) is 4.90 Å². The molecule has 0 aromatic heterocycles. The molecule has 0 fully saturated rings. The van der Waals surface area contributed by atoms with Gasteiger partial charge in [0.2, 0.25) is 10.0 Å². The van der Waals surface area contributed by atoms with Crippen LogP contribution in [0.4, 0.5) is 0 Å². The minimum Gasteiger partial charge on any atom is -0.289 e. The van der Waals surface area contributed by atoms with Crippen molar-refractivity contribution >= 4 is 15.8 Å². The highest BCUT2D eigenvalue weighted by Gasteiger charge is 2.27. The third-order valence-corrected chi connectivity index (χ3v) is 6.04. The molecular weight excluding hydrogens is 322 g/mol. The van der Waals surface area contributed by atoms with E-state index >= 15 is 0 Å². The SMILES string of the molecule is Cc1ccc(S(=O)(=O)N2CC=C(C(=O)c3ccccc3)CC2)cc1. The van der Waals surface area contributed by atoms with E-state index in [0.29, 0.717) is 29.0 Å². The lowest BCUT2D eigenvalue weighted by atomic mass is 9.99. The van der Waals surface area contributed by atoms with Crippen LogP contribution in [0.5, 0.6) is 0 Å². The molecule has 0 aliphatic carbocycles. The van der Waals surface area contributed by atoms with Crippen LogP contribution in [-0.4, -0.2) is 31.6 Å². The van der Waals surface area contributed by atoms with E-state index in [-0.39, 0.29) is 12.3 Å². The molecule has 2 aromatic rings. The fraction of sp³-hybridized carbons (Fsp3) is 0.211. The summed E-state index contributed by atoms with van der Waals surface area (Å²) in [6.07, 6.45) is 2.16. The predicted octanol–water partition coefficient (Wildman–Crippen LogP) is 3.20. The maximum Gasteiger partial charge on any atom is 0.243 e. The lowest BCUT2D eigenvalue weighted by Crippen LogP contribution is -2.35. The van der Waals surface area contributed by atoms with E-state index in [1.165, 1.54) is 4.31 Å². The molecule has 0 spiro atoms. The summed E-state index contributed by atoms with van der Waals surface area (Å²) in [5.74, 6) is -0.0250. The summed E-state index contributed by atoms with van der Waals surface area (Å²) in [5, 5.41) is 0. The van der Waals surface area contributed by atoms with Gasteiger partial charge in [0.25, 0.3) is 0 Å². The number of benzene rings is 2. The minimum atomic E-state index is -3.52. The van der Waals surface area contributed by atoms with E-state index < -0.39 is 10.0 Å². The van der Waals surface area contributed by atoms with Gasteiger partial charge >= 0.3 is 0 Å². The third-order valence-electron chi connectivity index (χ3n) is 4.16. The minimum absolute atomic E-state index is 0.0250. The predicted molar refractivity (Wildman–Crippen MR) is 93.4 cm³/mol. The van der Waals surface area contributed by atoms with E-state index in [1.807, 2.05) is 25.1 Å². The molecule has 124 valence electrons. The molecule has 0 N–H and O–H groups in total. The Morgan fingerprint density at radius 3 is 2.25 bits per heavy atom. The Labute approximate surface area is 142 Å². The van der Waals surface area contributed by atoms with Crippen molar-refractivity contribution in [2.75, 3.05) is 13.1 Å². The van der Waals surface area contributed by atoms with Gasteiger partial charge in [-0.25, -0.2) is 8.42 Å². The van der Waals surface area contributed by atoms with Crippen LogP contribution < -0.4 is 0 Å². The van der Waals surface area contributed by atoms with Crippen molar-refractivity contribution in [3.05, 3.63) is 77.4 Å². The number of carbonyl (C=O) groups excluding carboxylic acids is 1. The lowest BCUT2D eigenvalue weighted by molar-refractivity contribution is 0.102. The Morgan fingerprint density at radius 2 is 1.67 bits per heavy atom. The highest BCUT2D eigenvalue weighted by Crippen LogP contribution is 2.22. The zero-order chi connectivity index (χ0) is 17.2. The fourth-order valence-corrected chi connectivity index (χ4v) is 4.09. The molecule has 1 aliphatic heterocycles. The van der Waals surface area contributed by atoms with Gasteiger partial charge < -0.3 is 0 Å². The van der Waals surface area contributed by atoms with Crippen LogP contribution in [-0.2, 0) is 10.0 Å². The number of nitrogens with zero attached hydrogens (tertiary/aromatic N) is 1. The molecule has 5 heteroatoms. The fourth-order valence-electron chi connectivity index (χ4n) is 2.71. The standard InChI is InChI=1S/C19H19NO3S/c1-15-7-9-18(10-8-15)24(22,23)20-13-11-17(12-14-20)19(21)16-5-3-2-4-6-16/h2-11H,12-14H2,1H3. The third kappa shape index (κ3) is 3.32. The van der Waals surface area contributed by atoms with Crippen LogP contribution in [0, 0.1) is 6.92 Å². The van der Waals surface area contributed by atoms with Crippen LogP contribution in [0.2, 0.25) is 0 Å². The summed E-state index contributed by atoms with van der Waals surface area (Å²) in [7, 11) is -3.52. The number of Topliss-reactive ketones (excluding diaryl/α,β-unsaturated/α-hetero) is 1. The van der Waals surface area contributed by atoms with Gasteiger partial charge in [-0.3, -0.25) is 4.79 Å². The number of hydrogen-bond acceptors (Lipinski definition) is 3. The van der Waals surface area contributed by atoms with Crippen molar-refractivity contribution in [3.63, 3.8) is 0 Å². The highest BCUT2D eigenvalue weighted by molar-refractivity contribution is 7.89. The van der Waals surface area contributed by atoms with Crippen molar-refractivity contribution in [1.29, 1.82) is 0 Å². The smallest absolute Gasteiger partial charge is 0.243 e. The van der Waals surface area contributed by atoms with Gasteiger partial charge in [-0.2, -0.15) is 4.31 Å². The van der Waals surface area contributed by atoms with Crippen LogP contribution in [0.25, 0.3) is 0 Å². The van der Waals surface area contributed by atoms with Gasteiger partial charge in [0, 0.05) is 18.7 Å². The van der Waals surface area contributed by atoms with Crippen LogP contribution in [0.1, 0.15) is 22.3 Å².